The van der Waals surface area contributed by atoms with Crippen LogP contribution in [0.1, 0.15) is 368 Å². The lowest BCUT2D eigenvalue weighted by Crippen LogP contribution is -2.14. The maximum absolute atomic E-state index is 2.44. The molecule has 0 aromatic heterocycles. The smallest absolute Gasteiger partial charge is 0.0328 e. The summed E-state index contributed by atoms with van der Waals surface area (Å²) in [5.74, 6) is 11.8. The van der Waals surface area contributed by atoms with Crippen LogP contribution in [0.2, 0.25) is 0 Å². The van der Waals surface area contributed by atoms with Gasteiger partial charge in [-0.1, -0.05) is 265 Å². The Labute approximate surface area is 458 Å². The zero-order valence-electron chi connectivity index (χ0n) is 53.4. The van der Waals surface area contributed by atoms with Crippen molar-refractivity contribution in [2.75, 3.05) is 0 Å². The van der Waals surface area contributed by atoms with Crippen LogP contribution in [0.5, 0.6) is 0 Å². The summed E-state index contributed by atoms with van der Waals surface area (Å²) in [6.45, 7) is 40.3. The predicted molar refractivity (Wildman–Crippen MR) is 327 cm³/mol. The van der Waals surface area contributed by atoms with Gasteiger partial charge in [-0.05, 0) is 195 Å². The molecule has 0 heteroatoms. The van der Waals surface area contributed by atoms with Crippen LogP contribution in [0, 0.1) is 92.2 Å². The van der Waals surface area contributed by atoms with Crippen LogP contribution in [0.25, 0.3) is 0 Å². The Bertz CT molecular complexity index is 1250. The van der Waals surface area contributed by atoms with E-state index >= 15 is 0 Å². The molecule has 4 bridgehead atoms. The molecule has 0 spiro atoms. The average molecular weight is 1010 g/mol. The van der Waals surface area contributed by atoms with Gasteiger partial charge in [0.15, 0.2) is 0 Å². The van der Waals surface area contributed by atoms with Crippen LogP contribution in [0.15, 0.2) is 0 Å². The van der Waals surface area contributed by atoms with Crippen LogP contribution in [-0.2, 0) is 0 Å². The third-order valence-electron chi connectivity index (χ3n) is 23.5. The molecule has 11 fully saturated rings. The molecule has 11 aliphatic rings. The zero-order chi connectivity index (χ0) is 53.4. The molecule has 428 valence electrons. The van der Waals surface area contributed by atoms with Crippen molar-refractivity contribution in [1.82, 2.24) is 0 Å². The van der Waals surface area contributed by atoms with Gasteiger partial charge in [-0.25, -0.2) is 0 Å². The maximum Gasteiger partial charge on any atom is -0.0328 e. The first kappa shape index (κ1) is 66.3. The minimum atomic E-state index is 0.653. The second kappa shape index (κ2) is 33.4. The van der Waals surface area contributed by atoms with Crippen molar-refractivity contribution in [2.45, 2.75) is 368 Å². The molecule has 0 heterocycles. The highest BCUT2D eigenvalue weighted by molar-refractivity contribution is 4.89. The molecule has 0 amide bonds. The topological polar surface area (TPSA) is 0 Å². The van der Waals surface area contributed by atoms with Gasteiger partial charge < -0.3 is 0 Å². The van der Waals surface area contributed by atoms with Crippen molar-refractivity contribution in [3.63, 3.8) is 0 Å². The van der Waals surface area contributed by atoms with Gasteiger partial charge in [-0.2, -0.15) is 0 Å². The van der Waals surface area contributed by atoms with Gasteiger partial charge in [0.25, 0.3) is 0 Å². The fourth-order valence-electron chi connectivity index (χ4n) is 16.4. The normalized spacial score (nSPS) is 33.6. The van der Waals surface area contributed by atoms with Crippen molar-refractivity contribution in [3.8, 4) is 0 Å². The van der Waals surface area contributed by atoms with Gasteiger partial charge in [0.05, 0.1) is 0 Å². The van der Waals surface area contributed by atoms with Gasteiger partial charge in [-0.15, -0.1) is 0 Å². The van der Waals surface area contributed by atoms with Crippen molar-refractivity contribution in [3.05, 3.63) is 0 Å². The summed E-state index contributed by atoms with van der Waals surface area (Å²) in [5.41, 5.74) is 3.47. The molecule has 0 radical (unpaired) electrons. The van der Waals surface area contributed by atoms with Crippen molar-refractivity contribution in [1.29, 1.82) is 0 Å². The predicted octanol–water partition coefficient (Wildman–Crippen LogP) is 25.3. The Morgan fingerprint density at radius 1 is 0.417 bits per heavy atom. The number of rotatable bonds is 5. The number of hydrogen-bond donors (Lipinski definition) is 0. The molecule has 11 saturated carbocycles. The minimum absolute atomic E-state index is 0.653. The van der Waals surface area contributed by atoms with Crippen molar-refractivity contribution >= 4 is 0 Å². The summed E-state index contributed by atoms with van der Waals surface area (Å²) in [4.78, 5) is 0. The van der Waals surface area contributed by atoms with E-state index in [4.69, 9.17) is 0 Å². The average Bonchev–Trinajstić information content (AvgIpc) is 4.19. The summed E-state index contributed by atoms with van der Waals surface area (Å²) >= 11 is 0. The highest BCUT2D eigenvalue weighted by Gasteiger charge is 2.38. The van der Waals surface area contributed by atoms with Gasteiger partial charge >= 0.3 is 0 Å². The molecule has 11 rings (SSSR count). The van der Waals surface area contributed by atoms with E-state index in [1.165, 1.54) is 199 Å². The lowest BCUT2D eigenvalue weighted by Gasteiger charge is -2.28. The summed E-state index contributed by atoms with van der Waals surface area (Å²) in [7, 11) is 0. The van der Waals surface area contributed by atoms with Gasteiger partial charge in [-0.3, -0.25) is 0 Å². The lowest BCUT2D eigenvalue weighted by molar-refractivity contribution is 0.244. The fourth-order valence-corrected chi connectivity index (χ4v) is 16.4. The van der Waals surface area contributed by atoms with E-state index in [2.05, 4.69) is 118 Å². The molecule has 0 N–H and O–H groups in total. The molecule has 0 aliphatic heterocycles. The van der Waals surface area contributed by atoms with E-state index < -0.39 is 0 Å². The van der Waals surface area contributed by atoms with Crippen molar-refractivity contribution in [2.24, 2.45) is 92.2 Å². The van der Waals surface area contributed by atoms with Gasteiger partial charge in [0.2, 0.25) is 0 Å². The lowest BCUT2D eigenvalue weighted by atomic mass is 9.78. The first-order valence-electron chi connectivity index (χ1n) is 33.9. The van der Waals surface area contributed by atoms with Gasteiger partial charge in [0, 0.05) is 0 Å². The Balaban J connectivity index is 0.000000214. The van der Waals surface area contributed by atoms with Gasteiger partial charge in [0.1, 0.15) is 0 Å². The fraction of sp³-hybridized carbons (Fsp3) is 1.00. The SMILES string of the molecule is CC(C)C1CCCC1.CC1(C)CCCCC1.CC1C2CCC1CC2.CCC1(C)CCCC1.CCC1(C)CCCC1.CCCC1CCCC1.C[C@H]1CC2CCC1C2.C[C@H]1CCC(C)(C)C1.C[C@H]1CCCC1(C)C. The zero-order valence-corrected chi connectivity index (χ0v) is 53.4. The number of fused-ring (bicyclic) bond motifs is 4. The molecule has 11 aliphatic carbocycles. The molecule has 0 nitrogen and oxygen atoms in total. The van der Waals surface area contributed by atoms with E-state index in [0.717, 1.165) is 75.9 Å². The molecule has 2 unspecified atom stereocenters. The molecule has 0 aromatic carbocycles. The number of hydrogen-bond acceptors (Lipinski definition) is 0. The minimum Gasteiger partial charge on any atom is -0.0654 e. The standard InChI is InChI=1S/2C8H14.7C8H16/c1-6-4-7-2-3-8(6)5-7;1-6-7-2-3-8(6)5-4-7;1-7-4-5-8(2,3)6-7;1-7-5-4-6-8(7,2)3;1-8(2)6-4-3-5-7-8;1-7(2)8-5-3-4-6-8;2*1-3-8(2)6-4-5-7-8;1-2-5-8-6-3-4-7-8/h2*6-8H,2-5H2,1H3;2*7H,4-6H2,1-3H3;3-7H2,1-2H3;7-8H,3-6H2,1-2H3;2*3-7H2,1-2H3;8H,2-7H2,1H3/t6-,7?,8?;;2*7-;;;;;/m0.00...../s1. The first-order valence-corrected chi connectivity index (χ1v) is 33.9. The maximum atomic E-state index is 2.44. The van der Waals surface area contributed by atoms with Crippen LogP contribution in [-0.4, -0.2) is 0 Å². The van der Waals surface area contributed by atoms with E-state index in [1.807, 2.05) is 0 Å². The Hall–Kier alpha value is 0. The summed E-state index contributed by atoms with van der Waals surface area (Å²) < 4.78 is 0. The Morgan fingerprint density at radius 3 is 1.10 bits per heavy atom. The quantitative estimate of drug-likeness (QED) is 0.257. The second-order valence-corrected chi connectivity index (χ2v) is 31.7. The molecule has 5 atom stereocenters. The third-order valence-corrected chi connectivity index (χ3v) is 23.5. The first-order chi connectivity index (χ1) is 33.9. The van der Waals surface area contributed by atoms with Crippen LogP contribution < -0.4 is 0 Å². The molecule has 0 aromatic rings. The Kier molecular flexibility index (Phi) is 30.8. The van der Waals surface area contributed by atoms with Crippen molar-refractivity contribution < 1.29 is 0 Å². The third kappa shape index (κ3) is 25.6. The van der Waals surface area contributed by atoms with Crippen LogP contribution >= 0.6 is 0 Å². The highest BCUT2D eigenvalue weighted by Crippen LogP contribution is 2.50. The summed E-state index contributed by atoms with van der Waals surface area (Å²) in [6.07, 6.45) is 57.9. The summed E-state index contributed by atoms with van der Waals surface area (Å²) in [5, 5.41) is 0. The van der Waals surface area contributed by atoms with E-state index in [0.29, 0.717) is 16.2 Å². The monoisotopic (exact) mass is 1010 g/mol. The van der Waals surface area contributed by atoms with Crippen LogP contribution in [0.3, 0.4) is 0 Å². The summed E-state index contributed by atoms with van der Waals surface area (Å²) in [6, 6.07) is 0. The molecular formula is C72H140. The van der Waals surface area contributed by atoms with Crippen LogP contribution in [0.4, 0.5) is 0 Å². The largest absolute Gasteiger partial charge is 0.0654 e. The van der Waals surface area contributed by atoms with E-state index in [9.17, 15) is 0 Å². The highest BCUT2D eigenvalue weighted by atomic mass is 14.4. The molecule has 0 saturated heterocycles. The van der Waals surface area contributed by atoms with E-state index in [-0.39, 0.29) is 0 Å². The Morgan fingerprint density at radius 2 is 0.889 bits per heavy atom. The second-order valence-electron chi connectivity index (χ2n) is 31.7. The molecule has 72 heavy (non-hydrogen) atoms. The van der Waals surface area contributed by atoms with E-state index in [1.54, 1.807) is 51.4 Å². The molecular weight excluding hydrogens is 865 g/mol.